The molecule has 1 heteroatoms. The van der Waals surface area contributed by atoms with Crippen LogP contribution in [-0.2, 0) is 6.54 Å². The molecular weight excluding hydrogens is 194 g/mol. The first-order valence-electron chi connectivity index (χ1n) is 6.64. The van der Waals surface area contributed by atoms with E-state index in [-0.39, 0.29) is 0 Å². The van der Waals surface area contributed by atoms with Crippen LogP contribution in [0.15, 0.2) is 30.3 Å². The maximum absolute atomic E-state index is 2.59. The van der Waals surface area contributed by atoms with Gasteiger partial charge >= 0.3 is 0 Å². The quantitative estimate of drug-likeness (QED) is 0.727. The van der Waals surface area contributed by atoms with Gasteiger partial charge in [-0.3, -0.25) is 4.90 Å². The van der Waals surface area contributed by atoms with Gasteiger partial charge in [-0.25, -0.2) is 0 Å². The van der Waals surface area contributed by atoms with Crippen LogP contribution in [-0.4, -0.2) is 18.0 Å². The van der Waals surface area contributed by atoms with Gasteiger partial charge in [-0.15, -0.1) is 0 Å². The van der Waals surface area contributed by atoms with Gasteiger partial charge < -0.3 is 0 Å². The van der Waals surface area contributed by atoms with Gasteiger partial charge in [0, 0.05) is 13.1 Å². The average Bonchev–Trinajstić information content (AvgIpc) is 2.82. The molecule has 0 radical (unpaired) electrons. The van der Waals surface area contributed by atoms with Gasteiger partial charge in [0.1, 0.15) is 0 Å². The van der Waals surface area contributed by atoms with Gasteiger partial charge in [-0.2, -0.15) is 0 Å². The number of hydrogen-bond donors (Lipinski definition) is 0. The molecule has 16 heavy (non-hydrogen) atoms. The Kier molecular flexibility index (Phi) is 4.41. The second-order valence-corrected chi connectivity index (χ2v) is 4.96. The van der Waals surface area contributed by atoms with Gasteiger partial charge in [0.2, 0.25) is 0 Å². The Balaban J connectivity index is 1.85. The summed E-state index contributed by atoms with van der Waals surface area (Å²) in [6, 6.07) is 10.8. The zero-order valence-electron chi connectivity index (χ0n) is 10.4. The molecule has 0 aliphatic heterocycles. The highest BCUT2D eigenvalue weighted by atomic mass is 15.1. The largest absolute Gasteiger partial charge is 0.299 e. The zero-order valence-corrected chi connectivity index (χ0v) is 10.4. The molecule has 0 spiro atoms. The van der Waals surface area contributed by atoms with E-state index in [1.54, 1.807) is 0 Å². The van der Waals surface area contributed by atoms with E-state index in [1.807, 2.05) is 0 Å². The smallest absolute Gasteiger partial charge is 0.0233 e. The van der Waals surface area contributed by atoms with Crippen molar-refractivity contribution in [1.82, 2.24) is 4.90 Å². The molecule has 1 saturated carbocycles. The van der Waals surface area contributed by atoms with Crippen LogP contribution < -0.4 is 0 Å². The van der Waals surface area contributed by atoms with Gasteiger partial charge in [0.05, 0.1) is 0 Å². The fourth-order valence-corrected chi connectivity index (χ4v) is 2.71. The van der Waals surface area contributed by atoms with Crippen molar-refractivity contribution in [3.8, 4) is 0 Å². The Morgan fingerprint density at radius 2 is 1.81 bits per heavy atom. The Labute approximate surface area is 99.5 Å². The molecule has 0 atom stereocenters. The molecule has 1 aliphatic carbocycles. The topological polar surface area (TPSA) is 3.24 Å². The van der Waals surface area contributed by atoms with Crippen LogP contribution >= 0.6 is 0 Å². The molecule has 0 N–H and O–H groups in total. The maximum Gasteiger partial charge on any atom is 0.0233 e. The molecule has 0 aromatic heterocycles. The van der Waals surface area contributed by atoms with E-state index in [2.05, 4.69) is 42.2 Å². The first kappa shape index (κ1) is 11.7. The Morgan fingerprint density at radius 3 is 2.44 bits per heavy atom. The van der Waals surface area contributed by atoms with Crippen LogP contribution in [0, 0.1) is 5.92 Å². The molecule has 0 saturated heterocycles. The summed E-state index contributed by atoms with van der Waals surface area (Å²) in [6.07, 6.45) is 5.80. The predicted octanol–water partition coefficient (Wildman–Crippen LogP) is 3.70. The van der Waals surface area contributed by atoms with Gasteiger partial charge in [0.25, 0.3) is 0 Å². The van der Waals surface area contributed by atoms with Crippen LogP contribution in [0.25, 0.3) is 0 Å². The Bertz CT molecular complexity index is 288. The Morgan fingerprint density at radius 1 is 1.12 bits per heavy atom. The molecule has 0 unspecified atom stereocenters. The monoisotopic (exact) mass is 217 g/mol. The number of benzene rings is 1. The third-order valence-corrected chi connectivity index (χ3v) is 3.69. The van der Waals surface area contributed by atoms with Crippen molar-refractivity contribution < 1.29 is 0 Å². The van der Waals surface area contributed by atoms with Crippen molar-refractivity contribution in [2.24, 2.45) is 5.92 Å². The summed E-state index contributed by atoms with van der Waals surface area (Å²) in [5.41, 5.74) is 1.45. The summed E-state index contributed by atoms with van der Waals surface area (Å²) in [5, 5.41) is 0. The van der Waals surface area contributed by atoms with Crippen molar-refractivity contribution in [3.63, 3.8) is 0 Å². The minimum Gasteiger partial charge on any atom is -0.299 e. The highest BCUT2D eigenvalue weighted by molar-refractivity contribution is 5.14. The van der Waals surface area contributed by atoms with E-state index in [0.717, 1.165) is 12.5 Å². The van der Waals surface area contributed by atoms with Crippen LogP contribution in [0.3, 0.4) is 0 Å². The van der Waals surface area contributed by atoms with Crippen LogP contribution in [0.1, 0.15) is 38.2 Å². The minimum atomic E-state index is 0.962. The lowest BCUT2D eigenvalue weighted by atomic mass is 10.1. The highest BCUT2D eigenvalue weighted by Crippen LogP contribution is 2.25. The van der Waals surface area contributed by atoms with E-state index in [0.29, 0.717) is 0 Å². The maximum atomic E-state index is 2.59. The third-order valence-electron chi connectivity index (χ3n) is 3.69. The normalized spacial score (nSPS) is 17.1. The molecule has 2 rings (SSSR count). The van der Waals surface area contributed by atoms with Crippen molar-refractivity contribution in [1.29, 1.82) is 0 Å². The molecule has 1 aromatic rings. The van der Waals surface area contributed by atoms with E-state index in [1.165, 1.54) is 44.3 Å². The summed E-state index contributed by atoms with van der Waals surface area (Å²) < 4.78 is 0. The minimum absolute atomic E-state index is 0.962. The second kappa shape index (κ2) is 6.05. The zero-order chi connectivity index (χ0) is 11.2. The second-order valence-electron chi connectivity index (χ2n) is 4.96. The molecule has 1 nitrogen and oxygen atoms in total. The van der Waals surface area contributed by atoms with E-state index in [4.69, 9.17) is 0 Å². The van der Waals surface area contributed by atoms with Crippen molar-refractivity contribution >= 4 is 0 Å². The first-order valence-corrected chi connectivity index (χ1v) is 6.64. The lowest BCUT2D eigenvalue weighted by molar-refractivity contribution is 0.235. The fourth-order valence-electron chi connectivity index (χ4n) is 2.71. The van der Waals surface area contributed by atoms with E-state index in [9.17, 15) is 0 Å². The molecule has 1 fully saturated rings. The third kappa shape index (κ3) is 3.34. The SMILES string of the molecule is CCN(Cc1ccccc1)CC1CCCC1. The fraction of sp³-hybridized carbons (Fsp3) is 0.600. The molecule has 0 heterocycles. The lowest BCUT2D eigenvalue weighted by Crippen LogP contribution is -2.28. The number of nitrogens with zero attached hydrogens (tertiary/aromatic N) is 1. The van der Waals surface area contributed by atoms with Crippen LogP contribution in [0.4, 0.5) is 0 Å². The standard InChI is InChI=1S/C15H23N/c1-2-16(13-15-10-6-7-11-15)12-14-8-4-3-5-9-14/h3-5,8-9,15H,2,6-7,10-13H2,1H3. The molecular formula is C15H23N. The Hall–Kier alpha value is -0.820. The molecule has 88 valence electrons. The molecule has 1 aromatic carbocycles. The molecule has 1 aliphatic rings. The van der Waals surface area contributed by atoms with Gasteiger partial charge in [-0.05, 0) is 30.9 Å². The average molecular weight is 217 g/mol. The van der Waals surface area contributed by atoms with E-state index >= 15 is 0 Å². The number of rotatable bonds is 5. The van der Waals surface area contributed by atoms with Crippen molar-refractivity contribution in [2.45, 2.75) is 39.2 Å². The van der Waals surface area contributed by atoms with Crippen LogP contribution in [0.2, 0.25) is 0 Å². The first-order chi connectivity index (χ1) is 7.88. The van der Waals surface area contributed by atoms with E-state index < -0.39 is 0 Å². The van der Waals surface area contributed by atoms with Gasteiger partial charge in [0.15, 0.2) is 0 Å². The summed E-state index contributed by atoms with van der Waals surface area (Å²) in [5.74, 6) is 0.962. The predicted molar refractivity (Wildman–Crippen MR) is 69.4 cm³/mol. The lowest BCUT2D eigenvalue weighted by Gasteiger charge is -2.24. The molecule has 0 bridgehead atoms. The number of hydrogen-bond acceptors (Lipinski definition) is 1. The van der Waals surface area contributed by atoms with Crippen LogP contribution in [0.5, 0.6) is 0 Å². The van der Waals surface area contributed by atoms with Crippen molar-refractivity contribution in [3.05, 3.63) is 35.9 Å². The van der Waals surface area contributed by atoms with Gasteiger partial charge in [-0.1, -0.05) is 50.1 Å². The summed E-state index contributed by atoms with van der Waals surface area (Å²) in [7, 11) is 0. The molecule has 0 amide bonds. The highest BCUT2D eigenvalue weighted by Gasteiger charge is 2.17. The summed E-state index contributed by atoms with van der Waals surface area (Å²) >= 11 is 0. The van der Waals surface area contributed by atoms with Crippen molar-refractivity contribution in [2.75, 3.05) is 13.1 Å². The summed E-state index contributed by atoms with van der Waals surface area (Å²) in [4.78, 5) is 2.59. The summed E-state index contributed by atoms with van der Waals surface area (Å²) in [6.45, 7) is 5.86.